The zero-order chi connectivity index (χ0) is 18.3. The highest BCUT2D eigenvalue weighted by molar-refractivity contribution is 5.86. The maximum atomic E-state index is 13.0. The van der Waals surface area contributed by atoms with Crippen molar-refractivity contribution in [3.05, 3.63) is 24.3 Å². The lowest BCUT2D eigenvalue weighted by Crippen LogP contribution is -2.53. The van der Waals surface area contributed by atoms with Crippen LogP contribution in [0.1, 0.15) is 12.8 Å². The van der Waals surface area contributed by atoms with Crippen LogP contribution in [0.2, 0.25) is 0 Å². The minimum atomic E-state index is -0.910. The van der Waals surface area contributed by atoms with Gasteiger partial charge in [-0.05, 0) is 37.1 Å². The van der Waals surface area contributed by atoms with E-state index in [1.807, 2.05) is 29.2 Å². The lowest BCUT2D eigenvalue weighted by molar-refractivity contribution is -0.151. The Morgan fingerprint density at radius 1 is 1.04 bits per heavy atom. The minimum Gasteiger partial charge on any atom is -0.497 e. The van der Waals surface area contributed by atoms with Gasteiger partial charge in [-0.25, -0.2) is 0 Å². The number of carboxylic acids is 1. The summed E-state index contributed by atoms with van der Waals surface area (Å²) in [6.45, 7) is 2.67. The molecule has 0 aliphatic carbocycles. The maximum Gasteiger partial charge on any atom is 0.310 e. The van der Waals surface area contributed by atoms with E-state index in [2.05, 4.69) is 4.90 Å². The van der Waals surface area contributed by atoms with Crippen LogP contribution in [0.15, 0.2) is 24.3 Å². The molecule has 0 spiro atoms. The number of hydrogen-bond donors (Lipinski definition) is 1. The first kappa shape index (κ1) is 17.1. The summed E-state index contributed by atoms with van der Waals surface area (Å²) in [4.78, 5) is 28.6. The van der Waals surface area contributed by atoms with Crippen molar-refractivity contribution in [2.24, 2.45) is 11.8 Å². The normalized spacial score (nSPS) is 30.5. The molecule has 4 atom stereocenters. The third kappa shape index (κ3) is 2.90. The van der Waals surface area contributed by atoms with Gasteiger partial charge in [0.1, 0.15) is 5.75 Å². The number of ether oxygens (including phenoxy) is 2. The number of fused-ring (bicyclic) bond motifs is 2. The van der Waals surface area contributed by atoms with Gasteiger partial charge < -0.3 is 24.4 Å². The molecule has 3 aliphatic rings. The van der Waals surface area contributed by atoms with E-state index in [0.29, 0.717) is 13.1 Å². The Morgan fingerprint density at radius 3 is 2.23 bits per heavy atom. The van der Waals surface area contributed by atoms with Crippen LogP contribution in [-0.4, -0.2) is 67.4 Å². The van der Waals surface area contributed by atoms with Crippen molar-refractivity contribution in [1.82, 2.24) is 4.90 Å². The fraction of sp³-hybridized carbons (Fsp3) is 0.579. The summed E-state index contributed by atoms with van der Waals surface area (Å²) in [6, 6.07) is 7.88. The Hall–Kier alpha value is -2.28. The summed E-state index contributed by atoms with van der Waals surface area (Å²) < 4.78 is 10.9. The minimum absolute atomic E-state index is 0.0565. The molecule has 1 N–H and O–H groups in total. The van der Waals surface area contributed by atoms with Crippen molar-refractivity contribution in [1.29, 1.82) is 0 Å². The van der Waals surface area contributed by atoms with Gasteiger partial charge >= 0.3 is 5.97 Å². The summed E-state index contributed by atoms with van der Waals surface area (Å²) in [7, 11) is 1.64. The maximum absolute atomic E-state index is 13.0. The number of carbonyl (C=O) groups excluding carboxylic acids is 1. The van der Waals surface area contributed by atoms with Crippen molar-refractivity contribution >= 4 is 17.6 Å². The van der Waals surface area contributed by atoms with Gasteiger partial charge in [0, 0.05) is 31.9 Å². The number of methoxy groups -OCH3 is 1. The van der Waals surface area contributed by atoms with Crippen molar-refractivity contribution in [2.45, 2.75) is 25.0 Å². The fourth-order valence-electron chi connectivity index (χ4n) is 4.49. The van der Waals surface area contributed by atoms with Gasteiger partial charge in [-0.3, -0.25) is 9.59 Å². The first-order valence-electron chi connectivity index (χ1n) is 9.14. The van der Waals surface area contributed by atoms with Gasteiger partial charge in [-0.1, -0.05) is 0 Å². The molecular weight excluding hydrogens is 336 g/mol. The lowest BCUT2D eigenvalue weighted by atomic mass is 9.78. The first-order chi connectivity index (χ1) is 12.6. The van der Waals surface area contributed by atoms with Crippen LogP contribution in [0.25, 0.3) is 0 Å². The van der Waals surface area contributed by atoms with Crippen molar-refractivity contribution < 1.29 is 24.2 Å². The number of hydrogen-bond acceptors (Lipinski definition) is 5. The molecule has 0 aromatic heterocycles. The Morgan fingerprint density at radius 2 is 1.65 bits per heavy atom. The Kier molecular flexibility index (Phi) is 4.48. The second-order valence-corrected chi connectivity index (χ2v) is 7.19. The molecule has 1 aromatic carbocycles. The lowest BCUT2D eigenvalue weighted by Gasteiger charge is -2.38. The van der Waals surface area contributed by atoms with Crippen LogP contribution < -0.4 is 9.64 Å². The zero-order valence-electron chi connectivity index (χ0n) is 14.8. The highest BCUT2D eigenvalue weighted by atomic mass is 16.5. The average Bonchev–Trinajstić information content (AvgIpc) is 3.29. The Bertz CT molecular complexity index is 684. The number of anilines is 1. The highest BCUT2D eigenvalue weighted by Gasteiger charge is 2.56. The molecule has 1 aromatic rings. The van der Waals surface area contributed by atoms with Crippen molar-refractivity contribution in [3.63, 3.8) is 0 Å². The standard InChI is InChI=1S/C19H24N2O5/c1-25-13-4-2-12(3-5-13)20-8-10-21(11-9-20)18(22)16-14-6-7-15(26-14)17(16)19(23)24/h2-5,14-17H,6-11H2,1H3,(H,23,24)/t14-,15+,16-,17-/m0/s1. The Balaban J connectivity index is 1.39. The van der Waals surface area contributed by atoms with Crippen LogP contribution >= 0.6 is 0 Å². The number of carbonyl (C=O) groups is 2. The van der Waals surface area contributed by atoms with Gasteiger partial charge in [-0.15, -0.1) is 0 Å². The third-order valence-electron chi connectivity index (χ3n) is 5.87. The van der Waals surface area contributed by atoms with E-state index in [0.717, 1.165) is 37.4 Å². The molecule has 140 valence electrons. The molecule has 26 heavy (non-hydrogen) atoms. The summed E-state index contributed by atoms with van der Waals surface area (Å²) in [5.41, 5.74) is 1.10. The SMILES string of the molecule is COc1ccc(N2CCN(C(=O)[C@@H]3[C@@H](C(=O)O)[C@H]4CC[C@@H]3O4)CC2)cc1. The van der Waals surface area contributed by atoms with E-state index >= 15 is 0 Å². The number of amides is 1. The second kappa shape index (κ2) is 6.79. The number of rotatable bonds is 4. The predicted molar refractivity (Wildman–Crippen MR) is 94.3 cm³/mol. The van der Waals surface area contributed by atoms with E-state index < -0.39 is 17.8 Å². The number of nitrogens with zero attached hydrogens (tertiary/aromatic N) is 2. The van der Waals surface area contributed by atoms with Crippen LogP contribution in [0, 0.1) is 11.8 Å². The molecule has 0 unspecified atom stereocenters. The van der Waals surface area contributed by atoms with Crippen LogP contribution in [0.5, 0.6) is 5.75 Å². The number of piperazine rings is 1. The van der Waals surface area contributed by atoms with Gasteiger partial charge in [0.05, 0.1) is 31.2 Å². The molecule has 0 saturated carbocycles. The molecule has 3 heterocycles. The average molecular weight is 360 g/mol. The summed E-state index contributed by atoms with van der Waals surface area (Å²) in [5.74, 6) is -1.37. The molecule has 3 saturated heterocycles. The van der Waals surface area contributed by atoms with E-state index in [1.54, 1.807) is 7.11 Å². The topological polar surface area (TPSA) is 79.3 Å². The first-order valence-corrected chi connectivity index (χ1v) is 9.14. The predicted octanol–water partition coefficient (Wildman–Crippen LogP) is 1.22. The van der Waals surface area contributed by atoms with Crippen LogP contribution in [0.3, 0.4) is 0 Å². The van der Waals surface area contributed by atoms with Gasteiger partial charge in [0.2, 0.25) is 5.91 Å². The van der Waals surface area contributed by atoms with E-state index in [9.17, 15) is 14.7 Å². The molecule has 0 radical (unpaired) electrons. The van der Waals surface area contributed by atoms with Gasteiger partial charge in [0.25, 0.3) is 0 Å². The quantitative estimate of drug-likeness (QED) is 0.870. The summed E-state index contributed by atoms with van der Waals surface area (Å²) >= 11 is 0. The molecule has 3 fully saturated rings. The highest BCUT2D eigenvalue weighted by Crippen LogP contribution is 2.44. The Labute approximate surface area is 152 Å². The third-order valence-corrected chi connectivity index (χ3v) is 5.87. The summed E-state index contributed by atoms with van der Waals surface area (Å²) in [5, 5.41) is 9.52. The monoisotopic (exact) mass is 360 g/mol. The second-order valence-electron chi connectivity index (χ2n) is 7.19. The van der Waals surface area contributed by atoms with E-state index in [-0.39, 0.29) is 18.1 Å². The molecular formula is C19H24N2O5. The number of aliphatic carboxylic acids is 1. The molecule has 7 nitrogen and oxygen atoms in total. The van der Waals surface area contributed by atoms with Gasteiger partial charge in [-0.2, -0.15) is 0 Å². The molecule has 1 amide bonds. The van der Waals surface area contributed by atoms with Crippen LogP contribution in [0.4, 0.5) is 5.69 Å². The number of carboxylic acid groups (broad SMARTS) is 1. The smallest absolute Gasteiger partial charge is 0.310 e. The van der Waals surface area contributed by atoms with Crippen LogP contribution in [-0.2, 0) is 14.3 Å². The number of benzene rings is 1. The molecule has 7 heteroatoms. The van der Waals surface area contributed by atoms with Crippen molar-refractivity contribution in [3.8, 4) is 5.75 Å². The van der Waals surface area contributed by atoms with Gasteiger partial charge in [0.15, 0.2) is 0 Å². The molecule has 3 aliphatic heterocycles. The van der Waals surface area contributed by atoms with E-state index in [4.69, 9.17) is 9.47 Å². The molecule has 2 bridgehead atoms. The molecule has 4 rings (SSSR count). The zero-order valence-corrected chi connectivity index (χ0v) is 14.8. The largest absolute Gasteiger partial charge is 0.497 e. The summed E-state index contributed by atoms with van der Waals surface area (Å²) in [6.07, 6.45) is 1.01. The fourth-order valence-corrected chi connectivity index (χ4v) is 4.49. The van der Waals surface area contributed by atoms with E-state index in [1.165, 1.54) is 0 Å². The van der Waals surface area contributed by atoms with Crippen molar-refractivity contribution in [2.75, 3.05) is 38.2 Å².